The molecule has 7 heteroatoms. The molecule has 1 heterocycles. The third-order valence-electron chi connectivity index (χ3n) is 2.23. The zero-order valence-electron chi connectivity index (χ0n) is 11.5. The van der Waals surface area contributed by atoms with Crippen molar-refractivity contribution in [3.05, 3.63) is 28.7 Å². The van der Waals surface area contributed by atoms with E-state index in [1.165, 1.54) is 4.80 Å². The summed E-state index contributed by atoms with van der Waals surface area (Å²) in [6.45, 7) is 5.38. The lowest BCUT2D eigenvalue weighted by molar-refractivity contribution is -0.156. The second-order valence-corrected chi connectivity index (χ2v) is 6.16. The van der Waals surface area contributed by atoms with Crippen LogP contribution in [0.25, 0.3) is 11.4 Å². The number of rotatable bonds is 3. The standard InChI is InChI=1S/C13H15BrN4O2/c1-13(2,3)20-11(19)8-18-16-12(15-17-18)9-5-4-6-10(14)7-9/h4-7H,8H2,1-3H3. The van der Waals surface area contributed by atoms with Crippen molar-refractivity contribution in [1.29, 1.82) is 0 Å². The average Bonchev–Trinajstić information content (AvgIpc) is 2.74. The quantitative estimate of drug-likeness (QED) is 0.804. The van der Waals surface area contributed by atoms with Crippen LogP contribution in [-0.2, 0) is 16.1 Å². The molecule has 0 radical (unpaired) electrons. The first-order chi connectivity index (χ1) is 9.33. The summed E-state index contributed by atoms with van der Waals surface area (Å²) in [5.41, 5.74) is 0.306. The summed E-state index contributed by atoms with van der Waals surface area (Å²) in [4.78, 5) is 12.9. The number of ether oxygens (including phenoxy) is 1. The maximum atomic E-state index is 11.7. The largest absolute Gasteiger partial charge is 0.459 e. The van der Waals surface area contributed by atoms with Gasteiger partial charge in [0.1, 0.15) is 5.60 Å². The molecule has 0 aliphatic carbocycles. The topological polar surface area (TPSA) is 69.9 Å². The summed E-state index contributed by atoms with van der Waals surface area (Å²) >= 11 is 3.38. The van der Waals surface area contributed by atoms with Crippen LogP contribution in [0.3, 0.4) is 0 Å². The van der Waals surface area contributed by atoms with Crippen LogP contribution in [0.2, 0.25) is 0 Å². The number of esters is 1. The fraction of sp³-hybridized carbons (Fsp3) is 0.385. The molecule has 2 rings (SSSR count). The molecule has 0 saturated carbocycles. The van der Waals surface area contributed by atoms with Gasteiger partial charge in [-0.05, 0) is 38.1 Å². The van der Waals surface area contributed by atoms with E-state index in [-0.39, 0.29) is 6.54 Å². The number of hydrogen-bond donors (Lipinski definition) is 0. The average molecular weight is 339 g/mol. The molecule has 0 atom stereocenters. The number of hydrogen-bond acceptors (Lipinski definition) is 5. The molecule has 0 aliphatic heterocycles. The number of nitrogens with zero attached hydrogens (tertiary/aromatic N) is 4. The fourth-order valence-electron chi connectivity index (χ4n) is 1.54. The van der Waals surface area contributed by atoms with Gasteiger partial charge in [0.15, 0.2) is 6.54 Å². The van der Waals surface area contributed by atoms with E-state index >= 15 is 0 Å². The Kier molecular flexibility index (Phi) is 4.17. The Labute approximate surface area is 125 Å². The summed E-state index contributed by atoms with van der Waals surface area (Å²) in [5.74, 6) is 0.0746. The Morgan fingerprint density at radius 3 is 2.80 bits per heavy atom. The van der Waals surface area contributed by atoms with Gasteiger partial charge in [-0.25, -0.2) is 4.79 Å². The van der Waals surface area contributed by atoms with E-state index < -0.39 is 11.6 Å². The first kappa shape index (κ1) is 14.6. The summed E-state index contributed by atoms with van der Waals surface area (Å²) in [6.07, 6.45) is 0. The molecule has 0 spiro atoms. The van der Waals surface area contributed by atoms with E-state index in [2.05, 4.69) is 31.3 Å². The minimum atomic E-state index is -0.523. The summed E-state index contributed by atoms with van der Waals surface area (Å²) in [6, 6.07) is 7.55. The second kappa shape index (κ2) is 5.70. The van der Waals surface area contributed by atoms with Crippen LogP contribution in [-0.4, -0.2) is 31.8 Å². The van der Waals surface area contributed by atoms with Gasteiger partial charge >= 0.3 is 5.97 Å². The van der Waals surface area contributed by atoms with E-state index in [0.29, 0.717) is 5.82 Å². The second-order valence-electron chi connectivity index (χ2n) is 5.24. The summed E-state index contributed by atoms with van der Waals surface area (Å²) < 4.78 is 6.13. The lowest BCUT2D eigenvalue weighted by atomic mass is 10.2. The zero-order valence-corrected chi connectivity index (χ0v) is 13.1. The van der Waals surface area contributed by atoms with E-state index in [1.807, 2.05) is 45.0 Å². The Morgan fingerprint density at radius 2 is 2.15 bits per heavy atom. The Bertz CT molecular complexity index is 619. The van der Waals surface area contributed by atoms with Crippen LogP contribution < -0.4 is 0 Å². The molecule has 1 aromatic carbocycles. The first-order valence-corrected chi connectivity index (χ1v) is 6.88. The number of benzene rings is 1. The highest BCUT2D eigenvalue weighted by atomic mass is 79.9. The predicted octanol–water partition coefficient (Wildman–Crippen LogP) is 2.44. The molecule has 0 aliphatic rings. The van der Waals surface area contributed by atoms with Gasteiger partial charge in [0.25, 0.3) is 0 Å². The van der Waals surface area contributed by atoms with Crippen molar-refractivity contribution >= 4 is 21.9 Å². The van der Waals surface area contributed by atoms with Crippen LogP contribution >= 0.6 is 15.9 Å². The minimum absolute atomic E-state index is 0.0573. The highest BCUT2D eigenvalue weighted by molar-refractivity contribution is 9.10. The SMILES string of the molecule is CC(C)(C)OC(=O)Cn1nnc(-c2cccc(Br)c2)n1. The van der Waals surface area contributed by atoms with Gasteiger partial charge in [-0.2, -0.15) is 4.80 Å². The molecule has 2 aromatic rings. The first-order valence-electron chi connectivity index (χ1n) is 6.09. The van der Waals surface area contributed by atoms with Crippen LogP contribution in [0.4, 0.5) is 0 Å². The predicted molar refractivity (Wildman–Crippen MR) is 76.8 cm³/mol. The molecule has 0 fully saturated rings. The monoisotopic (exact) mass is 338 g/mol. The molecule has 1 aromatic heterocycles. The zero-order chi connectivity index (χ0) is 14.8. The molecule has 0 bridgehead atoms. The number of aromatic nitrogens is 4. The Balaban J connectivity index is 2.08. The molecular formula is C13H15BrN4O2. The molecule has 6 nitrogen and oxygen atoms in total. The molecular weight excluding hydrogens is 324 g/mol. The Morgan fingerprint density at radius 1 is 1.40 bits per heavy atom. The van der Waals surface area contributed by atoms with Crippen molar-refractivity contribution in [1.82, 2.24) is 20.2 Å². The van der Waals surface area contributed by atoms with Gasteiger partial charge in [0.05, 0.1) is 0 Å². The van der Waals surface area contributed by atoms with Gasteiger partial charge in [-0.3, -0.25) is 0 Å². The van der Waals surface area contributed by atoms with E-state index in [0.717, 1.165) is 10.0 Å². The molecule has 0 saturated heterocycles. The van der Waals surface area contributed by atoms with Crippen molar-refractivity contribution < 1.29 is 9.53 Å². The number of carbonyl (C=O) groups is 1. The van der Waals surface area contributed by atoms with Gasteiger partial charge in [-0.1, -0.05) is 28.1 Å². The third kappa shape index (κ3) is 4.12. The minimum Gasteiger partial charge on any atom is -0.459 e. The summed E-state index contributed by atoms with van der Waals surface area (Å²) in [5, 5.41) is 11.9. The van der Waals surface area contributed by atoms with Crippen LogP contribution in [0.5, 0.6) is 0 Å². The molecule has 20 heavy (non-hydrogen) atoms. The summed E-state index contributed by atoms with van der Waals surface area (Å²) in [7, 11) is 0. The smallest absolute Gasteiger partial charge is 0.330 e. The molecule has 0 N–H and O–H groups in total. The van der Waals surface area contributed by atoms with Gasteiger partial charge < -0.3 is 4.74 Å². The van der Waals surface area contributed by atoms with Crippen LogP contribution in [0.15, 0.2) is 28.7 Å². The fourth-order valence-corrected chi connectivity index (χ4v) is 1.94. The Hall–Kier alpha value is -1.76. The van der Waals surface area contributed by atoms with Gasteiger partial charge in [-0.15, -0.1) is 10.2 Å². The van der Waals surface area contributed by atoms with E-state index in [4.69, 9.17) is 4.74 Å². The van der Waals surface area contributed by atoms with Crippen molar-refractivity contribution in [2.45, 2.75) is 32.9 Å². The normalized spacial score (nSPS) is 11.4. The van der Waals surface area contributed by atoms with Gasteiger partial charge in [0.2, 0.25) is 5.82 Å². The van der Waals surface area contributed by atoms with Crippen molar-refractivity contribution in [2.75, 3.05) is 0 Å². The van der Waals surface area contributed by atoms with E-state index in [1.54, 1.807) is 0 Å². The highest BCUT2D eigenvalue weighted by Crippen LogP contribution is 2.18. The maximum Gasteiger partial charge on any atom is 0.330 e. The van der Waals surface area contributed by atoms with Gasteiger partial charge in [0, 0.05) is 10.0 Å². The molecule has 106 valence electrons. The van der Waals surface area contributed by atoms with Crippen LogP contribution in [0.1, 0.15) is 20.8 Å². The molecule has 0 unspecified atom stereocenters. The number of halogens is 1. The lowest BCUT2D eigenvalue weighted by Gasteiger charge is -2.18. The van der Waals surface area contributed by atoms with Crippen molar-refractivity contribution in [3.63, 3.8) is 0 Å². The maximum absolute atomic E-state index is 11.7. The highest BCUT2D eigenvalue weighted by Gasteiger charge is 2.17. The van der Waals surface area contributed by atoms with Crippen molar-refractivity contribution in [3.8, 4) is 11.4 Å². The number of carbonyl (C=O) groups excluding carboxylic acids is 1. The third-order valence-corrected chi connectivity index (χ3v) is 2.72. The lowest BCUT2D eigenvalue weighted by Crippen LogP contribution is -2.27. The number of tetrazole rings is 1. The van der Waals surface area contributed by atoms with E-state index in [9.17, 15) is 4.79 Å². The van der Waals surface area contributed by atoms with Crippen molar-refractivity contribution in [2.24, 2.45) is 0 Å². The van der Waals surface area contributed by atoms with Crippen LogP contribution in [0, 0.1) is 0 Å². The molecule has 0 amide bonds.